The average molecular weight is 311 g/mol. The van der Waals surface area contributed by atoms with Gasteiger partial charge in [0.2, 0.25) is 0 Å². The van der Waals surface area contributed by atoms with E-state index in [0.29, 0.717) is 29.9 Å². The Hall–Kier alpha value is -2.40. The van der Waals surface area contributed by atoms with E-state index in [2.05, 4.69) is 53.6 Å². The van der Waals surface area contributed by atoms with Crippen LogP contribution in [0.4, 0.5) is 0 Å². The molecular formula is C18H21N3O2. The highest BCUT2D eigenvalue weighted by Gasteiger charge is 2.15. The van der Waals surface area contributed by atoms with Crippen LogP contribution in [-0.2, 0) is 12.8 Å². The Morgan fingerprint density at radius 2 is 1.83 bits per heavy atom. The summed E-state index contributed by atoms with van der Waals surface area (Å²) >= 11 is 0. The SMILES string of the molecule is CCc1ccc(-c2ccc(-c3nc(CC(C)NC)no3)o2)cc1. The summed E-state index contributed by atoms with van der Waals surface area (Å²) in [6.45, 7) is 4.21. The Balaban J connectivity index is 1.78. The van der Waals surface area contributed by atoms with Gasteiger partial charge in [-0.05, 0) is 38.1 Å². The maximum atomic E-state index is 5.86. The summed E-state index contributed by atoms with van der Waals surface area (Å²) in [5, 5.41) is 7.15. The normalized spacial score (nSPS) is 12.5. The number of hydrogen-bond donors (Lipinski definition) is 1. The van der Waals surface area contributed by atoms with Gasteiger partial charge in [0, 0.05) is 18.0 Å². The van der Waals surface area contributed by atoms with Gasteiger partial charge in [0.25, 0.3) is 5.89 Å². The lowest BCUT2D eigenvalue weighted by Gasteiger charge is -2.04. The van der Waals surface area contributed by atoms with E-state index in [4.69, 9.17) is 8.94 Å². The van der Waals surface area contributed by atoms with Crippen molar-refractivity contribution in [1.29, 1.82) is 0 Å². The Labute approximate surface area is 135 Å². The van der Waals surface area contributed by atoms with Gasteiger partial charge in [-0.15, -0.1) is 0 Å². The monoisotopic (exact) mass is 311 g/mol. The van der Waals surface area contributed by atoms with Crippen molar-refractivity contribution in [3.63, 3.8) is 0 Å². The number of aryl methyl sites for hydroxylation is 1. The molecule has 2 aromatic heterocycles. The minimum Gasteiger partial charge on any atom is -0.451 e. The Kier molecular flexibility index (Phi) is 4.57. The number of likely N-dealkylation sites (N-methyl/N-ethyl adjacent to an activating group) is 1. The minimum absolute atomic E-state index is 0.296. The van der Waals surface area contributed by atoms with E-state index in [0.717, 1.165) is 17.7 Å². The predicted molar refractivity (Wildman–Crippen MR) is 89.0 cm³/mol. The number of furan rings is 1. The van der Waals surface area contributed by atoms with Crippen LogP contribution in [0.2, 0.25) is 0 Å². The molecule has 0 amide bonds. The first kappa shape index (κ1) is 15.5. The van der Waals surface area contributed by atoms with Gasteiger partial charge >= 0.3 is 0 Å². The fourth-order valence-electron chi connectivity index (χ4n) is 2.33. The summed E-state index contributed by atoms with van der Waals surface area (Å²) in [6.07, 6.45) is 1.74. The van der Waals surface area contributed by atoms with Crippen molar-refractivity contribution in [2.45, 2.75) is 32.7 Å². The molecule has 120 valence electrons. The van der Waals surface area contributed by atoms with Crippen LogP contribution in [0, 0.1) is 0 Å². The third-order valence-corrected chi connectivity index (χ3v) is 3.91. The van der Waals surface area contributed by atoms with E-state index in [1.54, 1.807) is 0 Å². The molecule has 3 rings (SSSR count). The summed E-state index contributed by atoms with van der Waals surface area (Å²) in [4.78, 5) is 4.39. The molecule has 2 heterocycles. The predicted octanol–water partition coefficient (Wildman–Crippen LogP) is 3.71. The zero-order valence-electron chi connectivity index (χ0n) is 13.7. The Morgan fingerprint density at radius 3 is 2.52 bits per heavy atom. The van der Waals surface area contributed by atoms with Crippen LogP contribution >= 0.6 is 0 Å². The number of hydrogen-bond acceptors (Lipinski definition) is 5. The standard InChI is InChI=1S/C18H21N3O2/c1-4-13-5-7-14(8-6-13)15-9-10-16(22-15)18-20-17(21-23-18)11-12(2)19-3/h5-10,12,19H,4,11H2,1-3H3. The molecule has 0 aliphatic heterocycles. The van der Waals surface area contributed by atoms with Crippen LogP contribution < -0.4 is 5.32 Å². The molecule has 0 aliphatic rings. The molecule has 1 unspecified atom stereocenters. The molecule has 5 nitrogen and oxygen atoms in total. The molecule has 1 atom stereocenters. The summed E-state index contributed by atoms with van der Waals surface area (Å²) in [5.41, 5.74) is 2.35. The van der Waals surface area contributed by atoms with E-state index in [9.17, 15) is 0 Å². The largest absolute Gasteiger partial charge is 0.451 e. The maximum Gasteiger partial charge on any atom is 0.293 e. The lowest BCUT2D eigenvalue weighted by molar-refractivity contribution is 0.406. The van der Waals surface area contributed by atoms with Crippen LogP contribution in [0.25, 0.3) is 23.0 Å². The van der Waals surface area contributed by atoms with E-state index in [1.807, 2.05) is 19.2 Å². The molecule has 5 heteroatoms. The first-order chi connectivity index (χ1) is 11.2. The fourth-order valence-corrected chi connectivity index (χ4v) is 2.33. The molecule has 3 aromatic rings. The van der Waals surface area contributed by atoms with E-state index < -0.39 is 0 Å². The second kappa shape index (κ2) is 6.79. The number of aromatic nitrogens is 2. The topological polar surface area (TPSA) is 64.1 Å². The molecule has 0 fully saturated rings. The highest BCUT2D eigenvalue weighted by atomic mass is 16.5. The van der Waals surface area contributed by atoms with Crippen molar-refractivity contribution in [3.05, 3.63) is 47.8 Å². The van der Waals surface area contributed by atoms with Crippen molar-refractivity contribution in [2.24, 2.45) is 0 Å². The number of benzene rings is 1. The molecule has 0 aliphatic carbocycles. The smallest absolute Gasteiger partial charge is 0.293 e. The van der Waals surface area contributed by atoms with Crippen LogP contribution in [0.5, 0.6) is 0 Å². The molecule has 23 heavy (non-hydrogen) atoms. The van der Waals surface area contributed by atoms with Gasteiger partial charge in [-0.1, -0.05) is 36.3 Å². The van der Waals surface area contributed by atoms with Crippen molar-refractivity contribution < 1.29 is 8.94 Å². The summed E-state index contributed by atoms with van der Waals surface area (Å²) < 4.78 is 11.2. The molecule has 0 spiro atoms. The third kappa shape index (κ3) is 3.51. The quantitative estimate of drug-likeness (QED) is 0.752. The van der Waals surface area contributed by atoms with Gasteiger partial charge in [0.1, 0.15) is 5.76 Å². The second-order valence-electron chi connectivity index (χ2n) is 5.62. The van der Waals surface area contributed by atoms with Crippen LogP contribution in [0.15, 0.2) is 45.3 Å². The highest BCUT2D eigenvalue weighted by molar-refractivity contribution is 5.61. The van der Waals surface area contributed by atoms with Gasteiger partial charge in [0.05, 0.1) is 0 Å². The average Bonchev–Trinajstić information content (AvgIpc) is 3.24. The van der Waals surface area contributed by atoms with Gasteiger partial charge in [-0.2, -0.15) is 4.98 Å². The minimum atomic E-state index is 0.296. The summed E-state index contributed by atoms with van der Waals surface area (Å²) in [7, 11) is 1.91. The number of nitrogens with one attached hydrogen (secondary N) is 1. The molecule has 0 radical (unpaired) electrons. The van der Waals surface area contributed by atoms with E-state index in [-0.39, 0.29) is 0 Å². The number of rotatable bonds is 6. The Morgan fingerprint density at radius 1 is 1.09 bits per heavy atom. The fraction of sp³-hybridized carbons (Fsp3) is 0.333. The summed E-state index contributed by atoms with van der Waals surface area (Å²) in [5.74, 6) is 2.48. The van der Waals surface area contributed by atoms with Gasteiger partial charge in [0.15, 0.2) is 11.6 Å². The molecule has 0 bridgehead atoms. The second-order valence-corrected chi connectivity index (χ2v) is 5.62. The van der Waals surface area contributed by atoms with Gasteiger partial charge in [-0.3, -0.25) is 0 Å². The first-order valence-corrected chi connectivity index (χ1v) is 7.89. The molecular weight excluding hydrogens is 290 g/mol. The van der Waals surface area contributed by atoms with Gasteiger partial charge in [-0.25, -0.2) is 0 Å². The molecule has 0 saturated heterocycles. The van der Waals surface area contributed by atoms with Crippen molar-refractivity contribution in [2.75, 3.05) is 7.05 Å². The lowest BCUT2D eigenvalue weighted by Crippen LogP contribution is -2.24. The third-order valence-electron chi connectivity index (χ3n) is 3.91. The lowest BCUT2D eigenvalue weighted by atomic mass is 10.1. The highest BCUT2D eigenvalue weighted by Crippen LogP contribution is 2.27. The molecule has 1 aromatic carbocycles. The zero-order valence-corrected chi connectivity index (χ0v) is 13.7. The first-order valence-electron chi connectivity index (χ1n) is 7.89. The van der Waals surface area contributed by atoms with E-state index in [1.165, 1.54) is 5.56 Å². The Bertz CT molecular complexity index is 759. The molecule has 1 N–H and O–H groups in total. The maximum absolute atomic E-state index is 5.86. The van der Waals surface area contributed by atoms with Crippen molar-refractivity contribution >= 4 is 0 Å². The van der Waals surface area contributed by atoms with E-state index >= 15 is 0 Å². The zero-order chi connectivity index (χ0) is 16.2. The summed E-state index contributed by atoms with van der Waals surface area (Å²) in [6, 6.07) is 12.4. The number of nitrogens with zero attached hydrogens (tertiary/aromatic N) is 2. The van der Waals surface area contributed by atoms with Crippen LogP contribution in [0.3, 0.4) is 0 Å². The van der Waals surface area contributed by atoms with Crippen molar-refractivity contribution in [1.82, 2.24) is 15.5 Å². The van der Waals surface area contributed by atoms with Crippen LogP contribution in [0.1, 0.15) is 25.2 Å². The van der Waals surface area contributed by atoms with Gasteiger partial charge < -0.3 is 14.3 Å². The van der Waals surface area contributed by atoms with Crippen molar-refractivity contribution in [3.8, 4) is 23.0 Å². The van der Waals surface area contributed by atoms with Crippen LogP contribution in [-0.4, -0.2) is 23.2 Å². The molecule has 0 saturated carbocycles.